The molecule has 1 N–H and O–H groups in total. The van der Waals surface area contributed by atoms with Gasteiger partial charge in [0.05, 0.1) is 6.61 Å². The number of carbonyl (C=O) groups is 1. The van der Waals surface area contributed by atoms with Crippen molar-refractivity contribution in [3.05, 3.63) is 30.3 Å². The second kappa shape index (κ2) is 7.30. The van der Waals surface area contributed by atoms with Gasteiger partial charge in [0.1, 0.15) is 0 Å². The molecule has 88 valence electrons. The Hall–Kier alpha value is -1.00. The number of aliphatic hydroxyl groups is 1. The molecule has 0 radical (unpaired) electrons. The lowest BCUT2D eigenvalue weighted by Crippen LogP contribution is -2.18. The van der Waals surface area contributed by atoms with Crippen LogP contribution in [-0.2, 0) is 9.53 Å². The maximum Gasteiger partial charge on any atom is 0.302 e. The van der Waals surface area contributed by atoms with Gasteiger partial charge in [0.25, 0.3) is 0 Å². The van der Waals surface area contributed by atoms with E-state index < -0.39 is 0 Å². The zero-order valence-corrected chi connectivity index (χ0v) is 10.1. The van der Waals surface area contributed by atoms with E-state index in [9.17, 15) is 4.79 Å². The predicted molar refractivity (Wildman–Crippen MR) is 64.4 cm³/mol. The standard InChI is InChI=1S/C12H16O3S/c1-10(14)15-8-11(7-13)9-16-12-5-3-2-4-6-12/h2-6,11,13H,7-9H2,1H3/t11-/m1/s1. The molecule has 1 aromatic rings. The van der Waals surface area contributed by atoms with E-state index in [1.807, 2.05) is 30.3 Å². The number of thioether (sulfide) groups is 1. The van der Waals surface area contributed by atoms with E-state index in [1.165, 1.54) is 6.92 Å². The van der Waals surface area contributed by atoms with Crippen LogP contribution in [0.2, 0.25) is 0 Å². The van der Waals surface area contributed by atoms with Gasteiger partial charge in [-0.25, -0.2) is 0 Å². The molecule has 0 unspecified atom stereocenters. The SMILES string of the molecule is CC(=O)OC[C@@H](CO)CSc1ccccc1. The number of carbonyl (C=O) groups excluding carboxylic acids is 1. The molecule has 0 fully saturated rings. The minimum Gasteiger partial charge on any atom is -0.465 e. The Kier molecular flexibility index (Phi) is 5.96. The van der Waals surface area contributed by atoms with Crippen molar-refractivity contribution in [2.24, 2.45) is 5.92 Å². The van der Waals surface area contributed by atoms with E-state index in [0.29, 0.717) is 0 Å². The Bertz CT molecular complexity index is 313. The van der Waals surface area contributed by atoms with E-state index in [4.69, 9.17) is 9.84 Å². The molecular weight excluding hydrogens is 224 g/mol. The Morgan fingerprint density at radius 1 is 1.44 bits per heavy atom. The van der Waals surface area contributed by atoms with E-state index in [2.05, 4.69) is 0 Å². The summed E-state index contributed by atoms with van der Waals surface area (Å²) in [7, 11) is 0. The van der Waals surface area contributed by atoms with Gasteiger partial charge in [0, 0.05) is 30.1 Å². The Morgan fingerprint density at radius 2 is 2.12 bits per heavy atom. The van der Waals surface area contributed by atoms with Crippen molar-refractivity contribution in [3.8, 4) is 0 Å². The first-order valence-corrected chi connectivity index (χ1v) is 6.13. The van der Waals surface area contributed by atoms with Crippen molar-refractivity contribution in [1.82, 2.24) is 0 Å². The molecule has 0 aliphatic rings. The summed E-state index contributed by atoms with van der Waals surface area (Å²) < 4.78 is 4.87. The first-order valence-electron chi connectivity index (χ1n) is 5.14. The molecule has 0 aromatic heterocycles. The molecule has 0 heterocycles. The highest BCUT2D eigenvalue weighted by atomic mass is 32.2. The van der Waals surface area contributed by atoms with Crippen LogP contribution in [0, 0.1) is 5.92 Å². The zero-order valence-electron chi connectivity index (χ0n) is 9.26. The zero-order chi connectivity index (χ0) is 11.8. The topological polar surface area (TPSA) is 46.5 Å². The van der Waals surface area contributed by atoms with Gasteiger partial charge in [-0.15, -0.1) is 11.8 Å². The first-order chi connectivity index (χ1) is 7.72. The van der Waals surface area contributed by atoms with E-state index in [0.717, 1.165) is 10.6 Å². The smallest absolute Gasteiger partial charge is 0.302 e. The van der Waals surface area contributed by atoms with Crippen molar-refractivity contribution in [1.29, 1.82) is 0 Å². The van der Waals surface area contributed by atoms with Crippen molar-refractivity contribution in [2.75, 3.05) is 19.0 Å². The largest absolute Gasteiger partial charge is 0.465 e. The molecule has 1 rings (SSSR count). The monoisotopic (exact) mass is 240 g/mol. The van der Waals surface area contributed by atoms with Crippen LogP contribution in [0.15, 0.2) is 35.2 Å². The van der Waals surface area contributed by atoms with Crippen molar-refractivity contribution >= 4 is 17.7 Å². The third-order valence-corrected chi connectivity index (χ3v) is 3.25. The molecule has 1 atom stereocenters. The summed E-state index contributed by atoms with van der Waals surface area (Å²) in [6, 6.07) is 9.95. The number of hydrogen-bond donors (Lipinski definition) is 1. The number of hydrogen-bond acceptors (Lipinski definition) is 4. The minimum atomic E-state index is -0.303. The number of esters is 1. The van der Waals surface area contributed by atoms with E-state index in [1.54, 1.807) is 11.8 Å². The van der Waals surface area contributed by atoms with E-state index >= 15 is 0 Å². The average molecular weight is 240 g/mol. The summed E-state index contributed by atoms with van der Waals surface area (Å²) in [6.45, 7) is 1.69. The van der Waals surface area contributed by atoms with Gasteiger partial charge >= 0.3 is 5.97 Å². The number of benzene rings is 1. The fourth-order valence-corrected chi connectivity index (χ4v) is 2.10. The molecule has 0 amide bonds. The van der Waals surface area contributed by atoms with Gasteiger partial charge in [0.2, 0.25) is 0 Å². The number of aliphatic hydroxyl groups excluding tert-OH is 1. The molecule has 0 aliphatic carbocycles. The molecule has 0 bridgehead atoms. The van der Waals surface area contributed by atoms with Crippen LogP contribution in [0.25, 0.3) is 0 Å². The quantitative estimate of drug-likeness (QED) is 0.610. The molecule has 0 aliphatic heterocycles. The van der Waals surface area contributed by atoms with Crippen molar-refractivity contribution in [2.45, 2.75) is 11.8 Å². The summed E-state index contributed by atoms with van der Waals surface area (Å²) in [5.74, 6) is 0.436. The van der Waals surface area contributed by atoms with Crippen LogP contribution in [0.5, 0.6) is 0 Å². The van der Waals surface area contributed by atoms with Crippen molar-refractivity contribution < 1.29 is 14.6 Å². The molecule has 0 saturated heterocycles. The van der Waals surface area contributed by atoms with Crippen LogP contribution in [0.1, 0.15) is 6.92 Å². The normalized spacial score (nSPS) is 12.1. The highest BCUT2D eigenvalue weighted by molar-refractivity contribution is 7.99. The molecule has 3 nitrogen and oxygen atoms in total. The molecule has 16 heavy (non-hydrogen) atoms. The second-order valence-corrected chi connectivity index (χ2v) is 4.57. The predicted octanol–water partition coefficient (Wildman–Crippen LogP) is 1.95. The summed E-state index contributed by atoms with van der Waals surface area (Å²) in [5, 5.41) is 9.11. The lowest BCUT2D eigenvalue weighted by Gasteiger charge is -2.13. The molecule has 1 aromatic carbocycles. The fraction of sp³-hybridized carbons (Fsp3) is 0.417. The number of rotatable bonds is 6. The lowest BCUT2D eigenvalue weighted by molar-refractivity contribution is -0.142. The van der Waals surface area contributed by atoms with Gasteiger partial charge in [0.15, 0.2) is 0 Å². The van der Waals surface area contributed by atoms with Gasteiger partial charge in [-0.05, 0) is 12.1 Å². The van der Waals surface area contributed by atoms with Gasteiger partial charge in [-0.1, -0.05) is 18.2 Å². The maximum atomic E-state index is 10.6. The van der Waals surface area contributed by atoms with Gasteiger partial charge in [-0.3, -0.25) is 4.79 Å². The van der Waals surface area contributed by atoms with Crippen LogP contribution >= 0.6 is 11.8 Å². The van der Waals surface area contributed by atoms with Gasteiger partial charge in [-0.2, -0.15) is 0 Å². The second-order valence-electron chi connectivity index (χ2n) is 3.48. The first kappa shape index (κ1) is 13.1. The third-order valence-electron chi connectivity index (χ3n) is 2.01. The Morgan fingerprint density at radius 3 is 2.69 bits per heavy atom. The molecule has 0 saturated carbocycles. The molecule has 4 heteroatoms. The molecule has 0 spiro atoms. The highest BCUT2D eigenvalue weighted by Gasteiger charge is 2.09. The number of ether oxygens (including phenoxy) is 1. The minimum absolute atomic E-state index is 0.00546. The summed E-state index contributed by atoms with van der Waals surface area (Å²) >= 11 is 1.65. The maximum absolute atomic E-state index is 10.6. The van der Waals surface area contributed by atoms with Crippen LogP contribution in [0.4, 0.5) is 0 Å². The summed E-state index contributed by atoms with van der Waals surface area (Å²) in [4.78, 5) is 11.8. The van der Waals surface area contributed by atoms with Crippen LogP contribution < -0.4 is 0 Å². The lowest BCUT2D eigenvalue weighted by atomic mass is 10.2. The summed E-state index contributed by atoms with van der Waals surface area (Å²) in [6.07, 6.45) is 0. The summed E-state index contributed by atoms with van der Waals surface area (Å²) in [5.41, 5.74) is 0. The Balaban J connectivity index is 2.31. The average Bonchev–Trinajstić information content (AvgIpc) is 2.30. The van der Waals surface area contributed by atoms with Gasteiger partial charge < -0.3 is 9.84 Å². The molecular formula is C12H16O3S. The fourth-order valence-electron chi connectivity index (χ4n) is 1.12. The third kappa shape index (κ3) is 5.19. The van der Waals surface area contributed by atoms with Crippen LogP contribution in [-0.4, -0.2) is 30.0 Å². The van der Waals surface area contributed by atoms with E-state index in [-0.39, 0.29) is 25.1 Å². The Labute approximate surface area is 99.8 Å². The van der Waals surface area contributed by atoms with Crippen molar-refractivity contribution in [3.63, 3.8) is 0 Å². The highest BCUT2D eigenvalue weighted by Crippen LogP contribution is 2.20. The van der Waals surface area contributed by atoms with Crippen LogP contribution in [0.3, 0.4) is 0 Å².